The van der Waals surface area contributed by atoms with Gasteiger partial charge in [0.25, 0.3) is 0 Å². The molecule has 1 N–H and O–H groups in total. The van der Waals surface area contributed by atoms with Crippen molar-refractivity contribution >= 4 is 18.1 Å². The van der Waals surface area contributed by atoms with Crippen LogP contribution in [-0.4, -0.2) is 46.7 Å². The van der Waals surface area contributed by atoms with E-state index in [1.165, 1.54) is 5.56 Å². The van der Waals surface area contributed by atoms with Gasteiger partial charge in [0.15, 0.2) is 12.0 Å². The first-order chi connectivity index (χ1) is 17.0. The molecule has 2 amide bonds. The molecule has 1 fully saturated rings. The van der Waals surface area contributed by atoms with Crippen LogP contribution in [0, 0.1) is 0 Å². The third-order valence-corrected chi connectivity index (χ3v) is 6.67. The molecule has 35 heavy (non-hydrogen) atoms. The van der Waals surface area contributed by atoms with Gasteiger partial charge in [-0.05, 0) is 41.3 Å². The van der Waals surface area contributed by atoms with Crippen molar-refractivity contribution in [2.24, 2.45) is 9.98 Å². The number of hydrogen-bond donors (Lipinski definition) is 1. The fraction of sp³-hybridized carbons (Fsp3) is 0.286. The Morgan fingerprint density at radius 2 is 1.83 bits per heavy atom. The summed E-state index contributed by atoms with van der Waals surface area (Å²) in [7, 11) is 1.80. The maximum Gasteiger partial charge on any atom is 0.319 e. The molecule has 2 aromatic carbocycles. The van der Waals surface area contributed by atoms with Crippen molar-refractivity contribution in [1.29, 1.82) is 0 Å². The predicted molar refractivity (Wildman–Crippen MR) is 137 cm³/mol. The van der Waals surface area contributed by atoms with Crippen LogP contribution in [0.1, 0.15) is 42.1 Å². The average Bonchev–Trinajstić information content (AvgIpc) is 3.13. The zero-order valence-electron chi connectivity index (χ0n) is 20.2. The number of pyridine rings is 1. The highest BCUT2D eigenvalue weighted by Crippen LogP contribution is 2.33. The van der Waals surface area contributed by atoms with Gasteiger partial charge in [0.2, 0.25) is 0 Å². The SMILES string of the molecule is CC(C)c1ccccc1C1=NC2NC(=O)N(C)C2(Cc2ccc(OCc3ccccn3)cc2)C=N1. The highest BCUT2D eigenvalue weighted by Gasteiger charge is 2.52. The predicted octanol–water partition coefficient (Wildman–Crippen LogP) is 4.58. The highest BCUT2D eigenvalue weighted by molar-refractivity contribution is 6.08. The summed E-state index contributed by atoms with van der Waals surface area (Å²) < 4.78 is 5.87. The highest BCUT2D eigenvalue weighted by atomic mass is 16.5. The van der Waals surface area contributed by atoms with Crippen molar-refractivity contribution in [3.8, 4) is 5.75 Å². The lowest BCUT2D eigenvalue weighted by Gasteiger charge is -2.36. The van der Waals surface area contributed by atoms with Crippen LogP contribution in [0.2, 0.25) is 0 Å². The van der Waals surface area contributed by atoms with E-state index in [0.29, 0.717) is 24.8 Å². The molecule has 1 saturated heterocycles. The number of ether oxygens (including phenoxy) is 1. The number of likely N-dealkylation sites (N-methyl/N-ethyl adjacent to an activating group) is 1. The van der Waals surface area contributed by atoms with Crippen LogP contribution in [0.4, 0.5) is 4.79 Å². The Balaban J connectivity index is 1.36. The van der Waals surface area contributed by atoms with Crippen LogP contribution >= 0.6 is 0 Å². The first-order valence-electron chi connectivity index (χ1n) is 11.8. The Hall–Kier alpha value is -4.00. The lowest BCUT2D eigenvalue weighted by atomic mass is 9.87. The third-order valence-electron chi connectivity index (χ3n) is 6.67. The Bertz CT molecular complexity index is 1270. The second-order valence-electron chi connectivity index (χ2n) is 9.29. The van der Waals surface area contributed by atoms with E-state index < -0.39 is 11.7 Å². The van der Waals surface area contributed by atoms with Gasteiger partial charge < -0.3 is 15.0 Å². The number of amidine groups is 1. The summed E-state index contributed by atoms with van der Waals surface area (Å²) in [6, 6.07) is 21.7. The molecule has 1 aromatic heterocycles. The molecule has 0 aliphatic carbocycles. The van der Waals surface area contributed by atoms with Gasteiger partial charge in [0, 0.05) is 31.4 Å². The smallest absolute Gasteiger partial charge is 0.319 e. The minimum atomic E-state index is -0.677. The van der Waals surface area contributed by atoms with Crippen molar-refractivity contribution in [3.63, 3.8) is 0 Å². The van der Waals surface area contributed by atoms with Crippen LogP contribution in [-0.2, 0) is 13.0 Å². The third kappa shape index (κ3) is 4.41. The molecule has 2 unspecified atom stereocenters. The number of amides is 2. The van der Waals surface area contributed by atoms with Gasteiger partial charge >= 0.3 is 6.03 Å². The van der Waals surface area contributed by atoms with Gasteiger partial charge in [-0.1, -0.05) is 56.3 Å². The number of nitrogens with one attached hydrogen (secondary N) is 1. The van der Waals surface area contributed by atoms with E-state index in [4.69, 9.17) is 14.7 Å². The molecule has 2 atom stereocenters. The maximum atomic E-state index is 12.7. The van der Waals surface area contributed by atoms with Gasteiger partial charge in [-0.15, -0.1) is 0 Å². The van der Waals surface area contributed by atoms with E-state index in [0.717, 1.165) is 22.6 Å². The number of benzene rings is 2. The lowest BCUT2D eigenvalue weighted by Crippen LogP contribution is -2.54. The molecule has 0 saturated carbocycles. The molecule has 2 aliphatic heterocycles. The molecule has 3 aromatic rings. The second-order valence-corrected chi connectivity index (χ2v) is 9.29. The number of carbonyl (C=O) groups excluding carboxylic acids is 1. The fourth-order valence-electron chi connectivity index (χ4n) is 4.62. The van der Waals surface area contributed by atoms with Crippen molar-refractivity contribution in [3.05, 3.63) is 95.3 Å². The molecular formula is C28H29N5O2. The molecule has 178 valence electrons. The quantitative estimate of drug-likeness (QED) is 0.553. The molecular weight excluding hydrogens is 438 g/mol. The van der Waals surface area contributed by atoms with E-state index in [1.54, 1.807) is 18.1 Å². The molecule has 0 radical (unpaired) electrons. The van der Waals surface area contributed by atoms with Gasteiger partial charge in [-0.2, -0.15) is 0 Å². The summed E-state index contributed by atoms with van der Waals surface area (Å²) >= 11 is 0. The number of fused-ring (bicyclic) bond motifs is 1. The molecule has 7 nitrogen and oxygen atoms in total. The largest absolute Gasteiger partial charge is 0.487 e. The van der Waals surface area contributed by atoms with Gasteiger partial charge in [-0.3, -0.25) is 4.98 Å². The van der Waals surface area contributed by atoms with Gasteiger partial charge in [0.1, 0.15) is 17.9 Å². The minimum absolute atomic E-state index is 0.154. The Labute approximate surface area is 205 Å². The van der Waals surface area contributed by atoms with E-state index in [-0.39, 0.29) is 6.03 Å². The zero-order valence-corrected chi connectivity index (χ0v) is 20.2. The number of urea groups is 1. The summed E-state index contributed by atoms with van der Waals surface area (Å²) in [5.41, 5.74) is 3.46. The van der Waals surface area contributed by atoms with Crippen molar-refractivity contribution in [2.75, 3.05) is 7.05 Å². The summed E-state index contributed by atoms with van der Waals surface area (Å²) in [6.07, 6.45) is 3.80. The normalized spacial score (nSPS) is 21.0. The van der Waals surface area contributed by atoms with Crippen LogP contribution in [0.25, 0.3) is 0 Å². The number of aliphatic imine (C=N–C) groups is 2. The molecule has 7 heteroatoms. The Kier molecular flexibility index (Phi) is 6.07. The van der Waals surface area contributed by atoms with Crippen LogP contribution in [0.3, 0.4) is 0 Å². The average molecular weight is 468 g/mol. The Morgan fingerprint density at radius 3 is 2.57 bits per heavy atom. The van der Waals surface area contributed by atoms with E-state index in [1.807, 2.05) is 66.9 Å². The van der Waals surface area contributed by atoms with E-state index >= 15 is 0 Å². The number of nitrogens with zero attached hydrogens (tertiary/aromatic N) is 4. The van der Waals surface area contributed by atoms with Crippen molar-refractivity contribution < 1.29 is 9.53 Å². The minimum Gasteiger partial charge on any atom is -0.487 e. The number of carbonyl (C=O) groups is 1. The lowest BCUT2D eigenvalue weighted by molar-refractivity contribution is 0.202. The zero-order chi connectivity index (χ0) is 24.4. The monoisotopic (exact) mass is 467 g/mol. The molecule has 0 spiro atoms. The maximum absolute atomic E-state index is 12.7. The molecule has 3 heterocycles. The summed E-state index contributed by atoms with van der Waals surface area (Å²) in [5.74, 6) is 1.77. The first-order valence-corrected chi connectivity index (χ1v) is 11.8. The topological polar surface area (TPSA) is 79.2 Å². The number of rotatable bonds is 7. The first kappa shape index (κ1) is 22.8. The van der Waals surface area contributed by atoms with E-state index in [2.05, 4.69) is 30.2 Å². The standard InChI is InChI=1S/C28H29N5O2/c1-19(2)23-9-4-5-10-24(23)25-30-18-28(26(31-25)32-27(34)33(28)3)16-20-11-13-22(14-12-20)35-17-21-8-6-7-15-29-21/h4-15,18-19,26H,16-17H2,1-3H3,(H,32,34). The van der Waals surface area contributed by atoms with Crippen molar-refractivity contribution in [1.82, 2.24) is 15.2 Å². The van der Waals surface area contributed by atoms with Gasteiger partial charge in [-0.25, -0.2) is 14.8 Å². The molecule has 2 aliphatic rings. The van der Waals surface area contributed by atoms with Gasteiger partial charge in [0.05, 0.1) is 5.69 Å². The fourth-order valence-corrected chi connectivity index (χ4v) is 4.62. The summed E-state index contributed by atoms with van der Waals surface area (Å²) in [5, 5.41) is 3.04. The molecule has 5 rings (SSSR count). The van der Waals surface area contributed by atoms with Crippen LogP contribution in [0.5, 0.6) is 5.75 Å². The number of hydrogen-bond acceptors (Lipinski definition) is 5. The van der Waals surface area contributed by atoms with Crippen molar-refractivity contribution in [2.45, 2.75) is 44.5 Å². The molecule has 0 bridgehead atoms. The second kappa shape index (κ2) is 9.33. The number of aromatic nitrogens is 1. The Morgan fingerprint density at radius 1 is 1.06 bits per heavy atom. The van der Waals surface area contributed by atoms with Crippen LogP contribution < -0.4 is 10.1 Å². The summed E-state index contributed by atoms with van der Waals surface area (Å²) in [6.45, 7) is 4.73. The van der Waals surface area contributed by atoms with E-state index in [9.17, 15) is 4.79 Å². The summed E-state index contributed by atoms with van der Waals surface area (Å²) in [4.78, 5) is 28.4. The van der Waals surface area contributed by atoms with Crippen LogP contribution in [0.15, 0.2) is 82.9 Å².